The molecule has 0 saturated carbocycles. The fourth-order valence-electron chi connectivity index (χ4n) is 4.14. The summed E-state index contributed by atoms with van der Waals surface area (Å²) in [6.45, 7) is 5.52. The lowest BCUT2D eigenvalue weighted by molar-refractivity contribution is -0.140. The van der Waals surface area contributed by atoms with Gasteiger partial charge in [0.15, 0.2) is 5.13 Å². The highest BCUT2D eigenvalue weighted by molar-refractivity contribution is 7.16. The number of alkyl halides is 2. The van der Waals surface area contributed by atoms with E-state index in [2.05, 4.69) is 10.3 Å². The van der Waals surface area contributed by atoms with E-state index >= 15 is 0 Å². The van der Waals surface area contributed by atoms with Gasteiger partial charge in [0, 0.05) is 49.5 Å². The van der Waals surface area contributed by atoms with Gasteiger partial charge in [-0.1, -0.05) is 25.2 Å². The first-order valence-corrected chi connectivity index (χ1v) is 12.4. The SMILES string of the molecule is CC(C)(CC(=O)N1CCOCC1)C(=O)Nc1nc(-c2ccc(F)cc2)c(CN2CCC(F)(F)C2)s1. The molecular weight excluding hydrogens is 481 g/mol. The van der Waals surface area contributed by atoms with Crippen LogP contribution in [0.15, 0.2) is 24.3 Å². The van der Waals surface area contributed by atoms with Crippen LogP contribution in [-0.2, 0) is 20.9 Å². The summed E-state index contributed by atoms with van der Waals surface area (Å²) in [5.41, 5.74) is 0.155. The summed E-state index contributed by atoms with van der Waals surface area (Å²) in [5.74, 6) is -3.60. The molecule has 0 unspecified atom stereocenters. The van der Waals surface area contributed by atoms with Crippen molar-refractivity contribution < 1.29 is 27.5 Å². The number of hydrogen-bond donors (Lipinski definition) is 1. The third-order valence-corrected chi connectivity index (χ3v) is 7.18. The van der Waals surface area contributed by atoms with Crippen molar-refractivity contribution in [1.29, 1.82) is 0 Å². The Hall–Kier alpha value is -2.50. The van der Waals surface area contributed by atoms with Gasteiger partial charge in [0.25, 0.3) is 5.92 Å². The van der Waals surface area contributed by atoms with Crippen LogP contribution >= 0.6 is 11.3 Å². The van der Waals surface area contributed by atoms with Crippen LogP contribution in [0.3, 0.4) is 0 Å². The minimum atomic E-state index is -2.73. The van der Waals surface area contributed by atoms with Crippen LogP contribution in [0, 0.1) is 11.2 Å². The lowest BCUT2D eigenvalue weighted by Crippen LogP contribution is -2.44. The molecule has 2 aromatic rings. The summed E-state index contributed by atoms with van der Waals surface area (Å²) in [7, 11) is 0. The maximum atomic E-state index is 13.7. The van der Waals surface area contributed by atoms with Crippen molar-refractivity contribution in [3.63, 3.8) is 0 Å². The number of nitrogens with zero attached hydrogens (tertiary/aromatic N) is 3. The third kappa shape index (κ3) is 6.39. The van der Waals surface area contributed by atoms with Crippen LogP contribution in [0.5, 0.6) is 0 Å². The zero-order chi connectivity index (χ0) is 25.2. The molecule has 2 amide bonds. The van der Waals surface area contributed by atoms with E-state index in [4.69, 9.17) is 4.74 Å². The van der Waals surface area contributed by atoms with Crippen molar-refractivity contribution in [2.75, 3.05) is 44.7 Å². The van der Waals surface area contributed by atoms with Crippen molar-refractivity contribution in [2.24, 2.45) is 5.41 Å². The number of thiazole rings is 1. The third-order valence-electron chi connectivity index (χ3n) is 6.22. The molecule has 2 fully saturated rings. The van der Waals surface area contributed by atoms with Gasteiger partial charge < -0.3 is 15.0 Å². The highest BCUT2D eigenvalue weighted by atomic mass is 32.1. The second-order valence-electron chi connectivity index (χ2n) is 9.62. The summed E-state index contributed by atoms with van der Waals surface area (Å²) >= 11 is 1.20. The van der Waals surface area contributed by atoms with Gasteiger partial charge in [0.05, 0.1) is 30.9 Å². The highest BCUT2D eigenvalue weighted by Crippen LogP contribution is 2.36. The van der Waals surface area contributed by atoms with Crippen LogP contribution < -0.4 is 5.32 Å². The summed E-state index contributed by atoms with van der Waals surface area (Å²) < 4.78 is 46.2. The fraction of sp³-hybridized carbons (Fsp3) is 0.542. The zero-order valence-corrected chi connectivity index (χ0v) is 20.6. The van der Waals surface area contributed by atoms with Crippen LogP contribution in [0.1, 0.15) is 31.6 Å². The number of halogens is 3. The predicted molar refractivity (Wildman–Crippen MR) is 127 cm³/mol. The average molecular weight is 511 g/mol. The normalized spacial score (nSPS) is 18.6. The molecule has 4 rings (SSSR count). The summed E-state index contributed by atoms with van der Waals surface area (Å²) in [6.07, 6.45) is -0.169. The Labute approximate surface area is 206 Å². The minimum absolute atomic E-state index is 0.0325. The summed E-state index contributed by atoms with van der Waals surface area (Å²) in [5, 5.41) is 3.11. The zero-order valence-electron chi connectivity index (χ0n) is 19.8. The number of morpholine rings is 1. The minimum Gasteiger partial charge on any atom is -0.378 e. The molecule has 0 atom stereocenters. The first-order valence-electron chi connectivity index (χ1n) is 11.6. The Kier molecular flexibility index (Phi) is 7.48. The topological polar surface area (TPSA) is 74.8 Å². The Morgan fingerprint density at radius 1 is 1.17 bits per heavy atom. The molecule has 7 nitrogen and oxygen atoms in total. The van der Waals surface area contributed by atoms with Gasteiger partial charge in [-0.2, -0.15) is 0 Å². The molecule has 0 radical (unpaired) electrons. The van der Waals surface area contributed by atoms with Crippen LogP contribution in [0.25, 0.3) is 11.3 Å². The molecule has 1 aromatic heterocycles. The molecule has 2 aliphatic rings. The number of carbonyl (C=O) groups excluding carboxylic acids is 2. The predicted octanol–water partition coefficient (Wildman–Crippen LogP) is 4.00. The molecule has 35 heavy (non-hydrogen) atoms. The lowest BCUT2D eigenvalue weighted by Gasteiger charge is -2.30. The van der Waals surface area contributed by atoms with Gasteiger partial charge in [-0.25, -0.2) is 18.2 Å². The Balaban J connectivity index is 1.50. The average Bonchev–Trinajstić information content (AvgIpc) is 3.36. The summed E-state index contributed by atoms with van der Waals surface area (Å²) in [6, 6.07) is 5.76. The first-order chi connectivity index (χ1) is 16.5. The Morgan fingerprint density at radius 3 is 2.49 bits per heavy atom. The van der Waals surface area contributed by atoms with Gasteiger partial charge in [-0.3, -0.25) is 14.5 Å². The molecule has 11 heteroatoms. The van der Waals surface area contributed by atoms with E-state index in [0.717, 1.165) is 0 Å². The number of benzene rings is 1. The number of amides is 2. The standard InChI is InChI=1S/C24H29F3N4O3S/c1-23(2,13-19(32)31-9-11-34-12-10-31)21(33)29-22-28-20(16-3-5-17(25)6-4-16)18(35-22)14-30-8-7-24(26,27)15-30/h3-6H,7-15H2,1-2H3,(H,28,29,33). The van der Waals surface area contributed by atoms with Crippen LogP contribution in [0.4, 0.5) is 18.3 Å². The smallest absolute Gasteiger partial charge is 0.261 e. The van der Waals surface area contributed by atoms with Crippen molar-refractivity contribution in [3.05, 3.63) is 35.0 Å². The second-order valence-corrected chi connectivity index (χ2v) is 10.7. The molecule has 2 saturated heterocycles. The van der Waals surface area contributed by atoms with Crippen molar-refractivity contribution in [1.82, 2.24) is 14.8 Å². The molecule has 1 N–H and O–H groups in total. The van der Waals surface area contributed by atoms with E-state index in [1.807, 2.05) is 0 Å². The molecule has 0 spiro atoms. The monoisotopic (exact) mass is 510 g/mol. The lowest BCUT2D eigenvalue weighted by atomic mass is 9.87. The van der Waals surface area contributed by atoms with E-state index in [0.29, 0.717) is 47.6 Å². The molecule has 0 bridgehead atoms. The number of anilines is 1. The van der Waals surface area contributed by atoms with E-state index in [1.54, 1.807) is 35.8 Å². The van der Waals surface area contributed by atoms with E-state index < -0.39 is 17.2 Å². The van der Waals surface area contributed by atoms with Gasteiger partial charge in [-0.15, -0.1) is 0 Å². The highest BCUT2D eigenvalue weighted by Gasteiger charge is 2.39. The van der Waals surface area contributed by atoms with Crippen molar-refractivity contribution in [3.8, 4) is 11.3 Å². The first kappa shape index (κ1) is 25.6. The molecular formula is C24H29F3N4O3S. The molecule has 190 valence electrons. The molecule has 0 aliphatic carbocycles. The van der Waals surface area contributed by atoms with Crippen molar-refractivity contribution >= 4 is 28.3 Å². The number of ether oxygens (including phenoxy) is 1. The molecule has 1 aromatic carbocycles. The Morgan fingerprint density at radius 2 is 1.86 bits per heavy atom. The van der Waals surface area contributed by atoms with E-state index in [9.17, 15) is 22.8 Å². The number of likely N-dealkylation sites (tertiary alicyclic amines) is 1. The number of nitrogens with one attached hydrogen (secondary N) is 1. The largest absolute Gasteiger partial charge is 0.378 e. The van der Waals surface area contributed by atoms with Crippen LogP contribution in [-0.4, -0.2) is 71.9 Å². The van der Waals surface area contributed by atoms with Gasteiger partial charge in [-0.05, 0) is 24.3 Å². The number of carbonyl (C=O) groups is 2. The van der Waals surface area contributed by atoms with Crippen LogP contribution in [0.2, 0.25) is 0 Å². The van der Waals surface area contributed by atoms with Gasteiger partial charge >= 0.3 is 0 Å². The second kappa shape index (κ2) is 10.2. The maximum absolute atomic E-state index is 13.7. The number of rotatable bonds is 7. The molecule has 2 aliphatic heterocycles. The van der Waals surface area contributed by atoms with Crippen molar-refractivity contribution in [2.45, 2.75) is 39.2 Å². The Bertz CT molecular complexity index is 1070. The molecule has 3 heterocycles. The number of aromatic nitrogens is 1. The maximum Gasteiger partial charge on any atom is 0.261 e. The fourth-order valence-corrected chi connectivity index (χ4v) is 5.16. The van der Waals surface area contributed by atoms with E-state index in [-0.39, 0.29) is 44.3 Å². The van der Waals surface area contributed by atoms with Gasteiger partial charge in [0.1, 0.15) is 5.82 Å². The quantitative estimate of drug-likeness (QED) is 0.610. The number of hydrogen-bond acceptors (Lipinski definition) is 6. The van der Waals surface area contributed by atoms with Gasteiger partial charge in [0.2, 0.25) is 11.8 Å². The summed E-state index contributed by atoms with van der Waals surface area (Å²) in [4.78, 5) is 34.3. The van der Waals surface area contributed by atoms with E-state index in [1.165, 1.54) is 23.5 Å².